The predicted molar refractivity (Wildman–Crippen MR) is 76.3 cm³/mol. The molecular weight excluding hydrogens is 254 g/mol. The molecule has 0 saturated heterocycles. The van der Waals surface area contributed by atoms with E-state index in [9.17, 15) is 9.90 Å². The number of pyridine rings is 1. The average molecular weight is 271 g/mol. The summed E-state index contributed by atoms with van der Waals surface area (Å²) in [6, 6.07) is 8.50. The number of hydrogen-bond acceptors (Lipinski definition) is 4. The van der Waals surface area contributed by atoms with Crippen LogP contribution in [0.1, 0.15) is 35.2 Å². The fraction of sp³-hybridized carbons (Fsp3) is 0.250. The first kappa shape index (κ1) is 14.1. The summed E-state index contributed by atoms with van der Waals surface area (Å²) in [7, 11) is 1.52. The number of aromatic nitrogens is 1. The number of carbonyl (C=O) groups excluding carboxylic acids is 1. The van der Waals surface area contributed by atoms with Crippen LogP contribution in [-0.2, 0) is 0 Å². The lowest BCUT2D eigenvalue weighted by atomic mass is 9.93. The minimum atomic E-state index is -0.0885. The molecule has 2 aromatic rings. The van der Waals surface area contributed by atoms with Gasteiger partial charge < -0.3 is 9.84 Å². The van der Waals surface area contributed by atoms with Crippen molar-refractivity contribution in [1.82, 2.24) is 4.98 Å². The average Bonchev–Trinajstić information content (AvgIpc) is 2.47. The maximum Gasteiger partial charge on any atom is 0.167 e. The lowest BCUT2D eigenvalue weighted by Crippen LogP contribution is -2.05. The maximum absolute atomic E-state index is 12.2. The third kappa shape index (κ3) is 3.15. The van der Waals surface area contributed by atoms with Gasteiger partial charge in [0.1, 0.15) is 11.5 Å². The summed E-state index contributed by atoms with van der Waals surface area (Å²) in [5, 5.41) is 9.87. The van der Waals surface area contributed by atoms with Crippen LogP contribution >= 0.6 is 0 Å². The molecule has 4 nitrogen and oxygen atoms in total. The number of nitrogens with zero attached hydrogens (tertiary/aromatic N) is 1. The van der Waals surface area contributed by atoms with Crippen LogP contribution in [0.2, 0.25) is 0 Å². The molecule has 20 heavy (non-hydrogen) atoms. The van der Waals surface area contributed by atoms with E-state index >= 15 is 0 Å². The Balaban J connectivity index is 2.12. The van der Waals surface area contributed by atoms with E-state index in [2.05, 4.69) is 4.98 Å². The van der Waals surface area contributed by atoms with Crippen LogP contribution in [0.3, 0.4) is 0 Å². The monoisotopic (exact) mass is 271 g/mol. The van der Waals surface area contributed by atoms with Crippen LogP contribution in [0.15, 0.2) is 42.7 Å². The van der Waals surface area contributed by atoms with Gasteiger partial charge in [-0.15, -0.1) is 0 Å². The van der Waals surface area contributed by atoms with Crippen molar-refractivity contribution < 1.29 is 14.6 Å². The molecule has 0 bridgehead atoms. The van der Waals surface area contributed by atoms with Gasteiger partial charge in [0.05, 0.1) is 12.7 Å². The van der Waals surface area contributed by atoms with E-state index in [-0.39, 0.29) is 17.5 Å². The molecule has 0 saturated carbocycles. The molecule has 1 atom stereocenters. The molecule has 0 radical (unpaired) electrons. The smallest absolute Gasteiger partial charge is 0.167 e. The van der Waals surface area contributed by atoms with Gasteiger partial charge in [0.15, 0.2) is 5.78 Å². The fourth-order valence-corrected chi connectivity index (χ4v) is 2.07. The summed E-state index contributed by atoms with van der Waals surface area (Å²) >= 11 is 0. The number of hydrogen-bond donors (Lipinski definition) is 1. The van der Waals surface area contributed by atoms with Crippen molar-refractivity contribution in [3.05, 3.63) is 53.9 Å². The van der Waals surface area contributed by atoms with Crippen molar-refractivity contribution in [1.29, 1.82) is 0 Å². The summed E-state index contributed by atoms with van der Waals surface area (Å²) in [5.74, 6) is 0.471. The SMILES string of the molecule is COc1ccc(C(=O)CC(C)c2ccncc2)c(O)c1. The molecule has 0 fully saturated rings. The number of ether oxygens (including phenoxy) is 1. The Morgan fingerprint density at radius 2 is 2.00 bits per heavy atom. The Morgan fingerprint density at radius 3 is 2.60 bits per heavy atom. The second kappa shape index (κ2) is 6.19. The second-order valence-corrected chi connectivity index (χ2v) is 4.69. The third-order valence-electron chi connectivity index (χ3n) is 3.27. The molecule has 1 aromatic carbocycles. The van der Waals surface area contributed by atoms with Gasteiger partial charge in [0.2, 0.25) is 0 Å². The van der Waals surface area contributed by atoms with Crippen LogP contribution in [0.25, 0.3) is 0 Å². The number of aromatic hydroxyl groups is 1. The molecule has 0 aliphatic heterocycles. The summed E-state index contributed by atoms with van der Waals surface area (Å²) in [5.41, 5.74) is 1.38. The van der Waals surface area contributed by atoms with Crippen molar-refractivity contribution in [2.45, 2.75) is 19.3 Å². The molecule has 0 spiro atoms. The number of rotatable bonds is 5. The molecule has 0 amide bonds. The van der Waals surface area contributed by atoms with Gasteiger partial charge in [-0.1, -0.05) is 6.92 Å². The Hall–Kier alpha value is -2.36. The molecular formula is C16H17NO3. The molecule has 1 N–H and O–H groups in total. The first-order valence-corrected chi connectivity index (χ1v) is 6.42. The molecule has 2 rings (SSSR count). The predicted octanol–water partition coefficient (Wildman–Crippen LogP) is 3.17. The standard InChI is InChI=1S/C16H17NO3/c1-11(12-5-7-17-8-6-12)9-15(18)14-4-3-13(20-2)10-16(14)19/h3-8,10-11,19H,9H2,1-2H3. The lowest BCUT2D eigenvalue weighted by Gasteiger charge is -2.12. The molecule has 1 aromatic heterocycles. The number of phenolic OH excluding ortho intramolecular Hbond substituents is 1. The third-order valence-corrected chi connectivity index (χ3v) is 3.27. The van der Waals surface area contributed by atoms with Gasteiger partial charge in [0.25, 0.3) is 0 Å². The molecule has 1 heterocycles. The van der Waals surface area contributed by atoms with Crippen molar-refractivity contribution in [2.24, 2.45) is 0 Å². The van der Waals surface area contributed by atoms with Gasteiger partial charge >= 0.3 is 0 Å². The van der Waals surface area contributed by atoms with Crippen molar-refractivity contribution in [2.75, 3.05) is 7.11 Å². The van der Waals surface area contributed by atoms with Gasteiger partial charge in [-0.3, -0.25) is 9.78 Å². The van der Waals surface area contributed by atoms with E-state index in [1.165, 1.54) is 13.2 Å². The molecule has 104 valence electrons. The van der Waals surface area contributed by atoms with Crippen LogP contribution in [0.5, 0.6) is 11.5 Å². The van der Waals surface area contributed by atoms with Gasteiger partial charge in [-0.2, -0.15) is 0 Å². The topological polar surface area (TPSA) is 59.4 Å². The number of methoxy groups -OCH3 is 1. The second-order valence-electron chi connectivity index (χ2n) is 4.69. The molecule has 0 aliphatic rings. The quantitative estimate of drug-likeness (QED) is 0.848. The Bertz CT molecular complexity index is 596. The molecule has 1 unspecified atom stereocenters. The zero-order valence-electron chi connectivity index (χ0n) is 11.5. The van der Waals surface area contributed by atoms with E-state index in [1.54, 1.807) is 24.5 Å². The Morgan fingerprint density at radius 1 is 1.30 bits per heavy atom. The van der Waals surface area contributed by atoms with Gasteiger partial charge in [0, 0.05) is 24.9 Å². The fourth-order valence-electron chi connectivity index (χ4n) is 2.07. The number of carbonyl (C=O) groups is 1. The molecule has 4 heteroatoms. The minimum Gasteiger partial charge on any atom is -0.507 e. The van der Waals surface area contributed by atoms with Crippen molar-refractivity contribution >= 4 is 5.78 Å². The summed E-state index contributed by atoms with van der Waals surface area (Å²) in [4.78, 5) is 16.2. The molecule has 0 aliphatic carbocycles. The first-order chi connectivity index (χ1) is 9.61. The number of phenols is 1. The number of benzene rings is 1. The van der Waals surface area contributed by atoms with Crippen LogP contribution in [0.4, 0.5) is 0 Å². The van der Waals surface area contributed by atoms with E-state index < -0.39 is 0 Å². The first-order valence-electron chi connectivity index (χ1n) is 6.42. The summed E-state index contributed by atoms with van der Waals surface area (Å²) in [6.07, 6.45) is 3.76. The van der Waals surface area contributed by atoms with Gasteiger partial charge in [-0.25, -0.2) is 0 Å². The van der Waals surface area contributed by atoms with Crippen LogP contribution in [0, 0.1) is 0 Å². The van der Waals surface area contributed by atoms with E-state index in [0.29, 0.717) is 17.7 Å². The van der Waals surface area contributed by atoms with Gasteiger partial charge in [-0.05, 0) is 35.7 Å². The van der Waals surface area contributed by atoms with Crippen LogP contribution < -0.4 is 4.74 Å². The summed E-state index contributed by atoms with van der Waals surface area (Å²) < 4.78 is 5.00. The Kier molecular flexibility index (Phi) is 4.35. The lowest BCUT2D eigenvalue weighted by molar-refractivity contribution is 0.0973. The van der Waals surface area contributed by atoms with E-state index in [1.807, 2.05) is 19.1 Å². The number of ketones is 1. The normalized spacial score (nSPS) is 11.9. The minimum absolute atomic E-state index is 0.0451. The Labute approximate surface area is 118 Å². The van der Waals surface area contributed by atoms with Crippen LogP contribution in [-0.4, -0.2) is 23.0 Å². The zero-order valence-corrected chi connectivity index (χ0v) is 11.5. The van der Waals surface area contributed by atoms with E-state index in [0.717, 1.165) is 5.56 Å². The maximum atomic E-state index is 12.2. The highest BCUT2D eigenvalue weighted by Gasteiger charge is 2.16. The number of Topliss-reactive ketones (excluding diaryl/α,β-unsaturated/α-hetero) is 1. The highest BCUT2D eigenvalue weighted by atomic mass is 16.5. The zero-order chi connectivity index (χ0) is 14.5. The van der Waals surface area contributed by atoms with Crippen molar-refractivity contribution in [3.8, 4) is 11.5 Å². The van der Waals surface area contributed by atoms with E-state index in [4.69, 9.17) is 4.74 Å². The highest BCUT2D eigenvalue weighted by molar-refractivity contribution is 5.99. The highest BCUT2D eigenvalue weighted by Crippen LogP contribution is 2.27. The van der Waals surface area contributed by atoms with Crippen molar-refractivity contribution in [3.63, 3.8) is 0 Å². The largest absolute Gasteiger partial charge is 0.507 e. The summed E-state index contributed by atoms with van der Waals surface area (Å²) in [6.45, 7) is 1.98.